The maximum absolute atomic E-state index is 14.1. The number of alkyl carbamates (subject to hydrolysis) is 1. The van der Waals surface area contributed by atoms with E-state index >= 15 is 0 Å². The third kappa shape index (κ3) is 8.33. The van der Waals surface area contributed by atoms with Crippen LogP contribution in [0.5, 0.6) is 11.6 Å². The van der Waals surface area contributed by atoms with E-state index in [-0.39, 0.29) is 57.3 Å². The molecule has 2 fully saturated rings. The first-order valence-corrected chi connectivity index (χ1v) is 15.9. The van der Waals surface area contributed by atoms with Crippen molar-refractivity contribution in [2.75, 3.05) is 38.3 Å². The molecule has 14 heteroatoms. The highest BCUT2D eigenvalue weighted by Crippen LogP contribution is 2.34. The molecule has 3 aromatic rings. The monoisotopic (exact) mass is 689 g/mol. The van der Waals surface area contributed by atoms with Gasteiger partial charge in [-0.15, -0.1) is 0 Å². The molecule has 1 aliphatic heterocycles. The number of nitrogens with zero attached hydrogens (tertiary/aromatic N) is 3. The Hall–Kier alpha value is -3.77. The summed E-state index contributed by atoms with van der Waals surface area (Å²) < 4.78 is 16.6. The largest absolute Gasteiger partial charge is 0.487 e. The van der Waals surface area contributed by atoms with Crippen molar-refractivity contribution in [3.05, 3.63) is 80.4 Å². The van der Waals surface area contributed by atoms with Crippen LogP contribution in [0.2, 0.25) is 15.1 Å². The molecule has 0 spiro atoms. The number of carbonyl (C=O) groups excluding carboxylic acids is 3. The van der Waals surface area contributed by atoms with Gasteiger partial charge in [0.15, 0.2) is 5.75 Å². The van der Waals surface area contributed by atoms with E-state index in [2.05, 4.69) is 15.6 Å². The van der Waals surface area contributed by atoms with Gasteiger partial charge in [-0.1, -0.05) is 40.9 Å². The van der Waals surface area contributed by atoms with Gasteiger partial charge >= 0.3 is 6.09 Å². The lowest BCUT2D eigenvalue weighted by atomic mass is 10.1. The first kappa shape index (κ1) is 33.6. The average Bonchev–Trinajstić information content (AvgIpc) is 3.88. The van der Waals surface area contributed by atoms with Gasteiger partial charge in [0.05, 0.1) is 28.5 Å². The molecule has 2 N–H and O–H groups in total. The van der Waals surface area contributed by atoms with Crippen molar-refractivity contribution in [3.63, 3.8) is 0 Å². The summed E-state index contributed by atoms with van der Waals surface area (Å²) in [5, 5.41) is 6.81. The Morgan fingerprint density at radius 1 is 1.04 bits per heavy atom. The van der Waals surface area contributed by atoms with Crippen LogP contribution in [-0.2, 0) is 27.5 Å². The second-order valence-corrected chi connectivity index (χ2v) is 12.2. The van der Waals surface area contributed by atoms with Crippen LogP contribution in [0.15, 0.2) is 48.7 Å². The molecule has 1 aliphatic carbocycles. The van der Waals surface area contributed by atoms with Gasteiger partial charge in [0, 0.05) is 37.3 Å². The summed E-state index contributed by atoms with van der Waals surface area (Å²) in [6.07, 6.45) is 2.69. The molecule has 2 aliphatic rings. The van der Waals surface area contributed by atoms with Gasteiger partial charge in [-0.2, -0.15) is 0 Å². The number of rotatable bonds is 12. The molecule has 244 valence electrons. The van der Waals surface area contributed by atoms with Crippen LogP contribution in [0.3, 0.4) is 0 Å². The summed E-state index contributed by atoms with van der Waals surface area (Å²) in [4.78, 5) is 46.4. The minimum atomic E-state index is -0.786. The number of aromatic nitrogens is 1. The Morgan fingerprint density at radius 2 is 1.78 bits per heavy atom. The zero-order valence-corrected chi connectivity index (χ0v) is 27.6. The standard InChI is InChI=1S/C32H34Cl3N5O6/c1-19-11-25(34)30(26(35)12-19)45-10-9-44-28-8-6-23(14-38-28)40-27(15-37-16-29(40)41)31(42)39(22-4-5-22)17-21-13-20(3-7-24(21)33)18-46-32(43)36-2/h3,6-8,11-14,22,27,37H,4-5,9-10,15-18H2,1-2H3,(H,36,43)/t27-/m1/s1. The molecule has 1 saturated carbocycles. The van der Waals surface area contributed by atoms with Crippen LogP contribution in [0.1, 0.15) is 29.5 Å². The van der Waals surface area contributed by atoms with Crippen molar-refractivity contribution in [1.29, 1.82) is 0 Å². The number of halogens is 3. The van der Waals surface area contributed by atoms with E-state index in [4.69, 9.17) is 49.0 Å². The highest BCUT2D eigenvalue weighted by Gasteiger charge is 2.41. The molecule has 2 heterocycles. The second kappa shape index (κ2) is 15.2. The normalized spacial score (nSPS) is 16.2. The summed E-state index contributed by atoms with van der Waals surface area (Å²) in [6, 6.07) is 11.4. The Bertz CT molecular complexity index is 1560. The lowest BCUT2D eigenvalue weighted by molar-refractivity contribution is -0.136. The molecule has 5 rings (SSSR count). The highest BCUT2D eigenvalue weighted by molar-refractivity contribution is 6.37. The number of hydrogen-bond acceptors (Lipinski definition) is 8. The molecule has 0 unspecified atom stereocenters. The highest BCUT2D eigenvalue weighted by atomic mass is 35.5. The van der Waals surface area contributed by atoms with E-state index in [9.17, 15) is 14.4 Å². The number of hydrogen-bond donors (Lipinski definition) is 2. The van der Waals surface area contributed by atoms with Gasteiger partial charge in [0.2, 0.25) is 17.7 Å². The summed E-state index contributed by atoms with van der Waals surface area (Å²) in [5.74, 6) is 0.270. The fourth-order valence-electron chi connectivity index (χ4n) is 5.11. The van der Waals surface area contributed by atoms with E-state index < -0.39 is 12.1 Å². The van der Waals surface area contributed by atoms with Gasteiger partial charge in [-0.05, 0) is 66.8 Å². The number of benzene rings is 2. The number of anilines is 1. The summed E-state index contributed by atoms with van der Waals surface area (Å²) in [7, 11) is 1.49. The maximum atomic E-state index is 14.1. The number of piperazine rings is 1. The second-order valence-electron chi connectivity index (χ2n) is 11.0. The summed E-state index contributed by atoms with van der Waals surface area (Å²) in [6.45, 7) is 2.93. The van der Waals surface area contributed by atoms with Gasteiger partial charge in [-0.25, -0.2) is 9.78 Å². The van der Waals surface area contributed by atoms with E-state index in [1.807, 2.05) is 13.0 Å². The molecule has 0 radical (unpaired) electrons. The topological polar surface area (TPSA) is 122 Å². The van der Waals surface area contributed by atoms with Gasteiger partial charge in [-0.3, -0.25) is 14.5 Å². The Balaban J connectivity index is 1.24. The first-order chi connectivity index (χ1) is 22.1. The zero-order chi connectivity index (χ0) is 32.8. The van der Waals surface area contributed by atoms with Crippen LogP contribution in [0.25, 0.3) is 0 Å². The van der Waals surface area contributed by atoms with Crippen molar-refractivity contribution in [1.82, 2.24) is 20.5 Å². The molecule has 3 amide bonds. The van der Waals surface area contributed by atoms with E-state index in [0.29, 0.717) is 32.4 Å². The Kier molecular flexibility index (Phi) is 11.1. The molecule has 46 heavy (non-hydrogen) atoms. The Labute approximate surface area is 282 Å². The van der Waals surface area contributed by atoms with Crippen molar-refractivity contribution in [2.45, 2.75) is 45.0 Å². The lowest BCUT2D eigenvalue weighted by Gasteiger charge is -2.38. The van der Waals surface area contributed by atoms with Crippen LogP contribution in [0, 0.1) is 6.92 Å². The van der Waals surface area contributed by atoms with Gasteiger partial charge in [0.1, 0.15) is 25.9 Å². The molecule has 2 aromatic carbocycles. The minimum absolute atomic E-state index is 0.0361. The third-order valence-electron chi connectivity index (χ3n) is 7.50. The molecule has 11 nitrogen and oxygen atoms in total. The van der Waals surface area contributed by atoms with Crippen LogP contribution >= 0.6 is 34.8 Å². The smallest absolute Gasteiger partial charge is 0.407 e. The number of pyridine rings is 1. The number of aryl methyl sites for hydroxylation is 1. The predicted octanol–water partition coefficient (Wildman–Crippen LogP) is 5.16. The van der Waals surface area contributed by atoms with E-state index in [1.165, 1.54) is 18.1 Å². The molecular weight excluding hydrogens is 657 g/mol. The minimum Gasteiger partial charge on any atom is -0.487 e. The van der Waals surface area contributed by atoms with Gasteiger partial charge < -0.3 is 29.7 Å². The molecule has 0 bridgehead atoms. The zero-order valence-electron chi connectivity index (χ0n) is 25.4. The number of nitrogens with one attached hydrogen (secondary N) is 2. The van der Waals surface area contributed by atoms with Crippen LogP contribution < -0.4 is 25.0 Å². The SMILES string of the molecule is CNC(=O)OCc1ccc(Cl)c(CN(C(=O)[C@H]2CNCC(=O)N2c2ccc(OCCOc3c(Cl)cc(C)cc3Cl)nc2)C2CC2)c1. The lowest BCUT2D eigenvalue weighted by Crippen LogP contribution is -2.61. The van der Waals surface area contributed by atoms with Crippen molar-refractivity contribution >= 4 is 58.4 Å². The van der Waals surface area contributed by atoms with Crippen molar-refractivity contribution < 1.29 is 28.6 Å². The summed E-state index contributed by atoms with van der Waals surface area (Å²) in [5.41, 5.74) is 2.87. The van der Waals surface area contributed by atoms with Gasteiger partial charge in [0.25, 0.3) is 0 Å². The predicted molar refractivity (Wildman–Crippen MR) is 175 cm³/mol. The quantitative estimate of drug-likeness (QED) is 0.250. The van der Waals surface area contributed by atoms with E-state index in [1.54, 1.807) is 41.3 Å². The number of ether oxygens (including phenoxy) is 3. The molecule has 1 aromatic heterocycles. The molecule has 1 atom stereocenters. The van der Waals surface area contributed by atoms with Crippen LogP contribution in [0.4, 0.5) is 10.5 Å². The Morgan fingerprint density at radius 3 is 2.46 bits per heavy atom. The molecule has 1 saturated heterocycles. The van der Waals surface area contributed by atoms with Crippen molar-refractivity contribution in [3.8, 4) is 11.6 Å². The number of carbonyl (C=O) groups is 3. The average molecular weight is 691 g/mol. The third-order valence-corrected chi connectivity index (χ3v) is 8.43. The van der Waals surface area contributed by atoms with Crippen molar-refractivity contribution in [2.24, 2.45) is 0 Å². The van der Waals surface area contributed by atoms with Crippen LogP contribution in [-0.4, -0.2) is 73.2 Å². The fourth-order valence-corrected chi connectivity index (χ4v) is 5.99. The first-order valence-electron chi connectivity index (χ1n) is 14.8. The van der Waals surface area contributed by atoms with E-state index in [0.717, 1.165) is 29.5 Å². The molecular formula is C32H34Cl3N5O6. The fraction of sp³-hybridized carbons (Fsp3) is 0.375. The maximum Gasteiger partial charge on any atom is 0.407 e. The number of amides is 3. The summed E-state index contributed by atoms with van der Waals surface area (Å²) >= 11 is 19.0.